The molecule has 0 aromatic heterocycles. The predicted octanol–water partition coefficient (Wildman–Crippen LogP) is 2.39. The van der Waals surface area contributed by atoms with Gasteiger partial charge in [0.2, 0.25) is 6.29 Å². The van der Waals surface area contributed by atoms with Gasteiger partial charge in [-0.05, 0) is 17.9 Å². The summed E-state index contributed by atoms with van der Waals surface area (Å²) in [6.45, 7) is 4.91. The quantitative estimate of drug-likeness (QED) is 0.343. The molecule has 0 N–H and O–H groups in total. The number of rotatable bonds is 4. The molecular formula is C9H13IO5. The van der Waals surface area contributed by atoms with Crippen molar-refractivity contribution in [2.24, 2.45) is 0 Å². The Balaban J connectivity index is 3.98. The Kier molecular flexibility index (Phi) is 7.10. The summed E-state index contributed by atoms with van der Waals surface area (Å²) >= 11 is 1.92. The van der Waals surface area contributed by atoms with Crippen molar-refractivity contribution in [3.8, 4) is 0 Å². The minimum atomic E-state index is -0.956. The highest BCUT2D eigenvalue weighted by atomic mass is 127. The molecular weight excluding hydrogens is 315 g/mol. The Hall–Kier alpha value is -0.790. The van der Waals surface area contributed by atoms with Crippen LogP contribution in [-0.4, -0.2) is 25.0 Å². The van der Waals surface area contributed by atoms with Crippen LogP contribution in [0.15, 0.2) is 9.66 Å². The van der Waals surface area contributed by atoms with Crippen LogP contribution in [0.5, 0.6) is 0 Å². The van der Waals surface area contributed by atoms with Gasteiger partial charge in [-0.25, -0.2) is 9.59 Å². The van der Waals surface area contributed by atoms with Crippen molar-refractivity contribution in [2.45, 2.75) is 27.1 Å². The molecule has 0 spiro atoms. The molecule has 15 heavy (non-hydrogen) atoms. The number of carbonyl (C=O) groups is 2. The lowest BCUT2D eigenvalue weighted by atomic mass is 10.4. The van der Waals surface area contributed by atoms with Gasteiger partial charge in [0.1, 0.15) is 0 Å². The summed E-state index contributed by atoms with van der Waals surface area (Å²) in [4.78, 5) is 22.0. The highest BCUT2D eigenvalue weighted by Crippen LogP contribution is 2.05. The Morgan fingerprint density at radius 1 is 1.40 bits per heavy atom. The molecule has 0 rings (SSSR count). The van der Waals surface area contributed by atoms with Gasteiger partial charge in [0.25, 0.3) is 0 Å². The molecule has 0 aromatic rings. The fourth-order valence-electron chi connectivity index (χ4n) is 0.600. The number of ether oxygens (including phenoxy) is 3. The molecule has 0 amide bonds. The third-order valence-corrected chi connectivity index (χ3v) is 2.22. The normalized spacial score (nSPS) is 12.9. The standard InChI is InChI=1S/C9H13IO5/c1-4-13-9(12)15-7(3)14-8(11)6(2)5-10/h5,7H,4H2,1-3H3. The maximum Gasteiger partial charge on any atom is 0.511 e. The van der Waals surface area contributed by atoms with Gasteiger partial charge in [-0.2, -0.15) is 0 Å². The molecule has 0 bridgehead atoms. The van der Waals surface area contributed by atoms with Crippen molar-refractivity contribution >= 4 is 34.7 Å². The molecule has 0 radical (unpaired) electrons. The lowest BCUT2D eigenvalue weighted by Crippen LogP contribution is -2.22. The van der Waals surface area contributed by atoms with Crippen LogP contribution in [0, 0.1) is 0 Å². The molecule has 6 heteroatoms. The first-order valence-corrected chi connectivity index (χ1v) is 5.57. The zero-order chi connectivity index (χ0) is 11.8. The molecule has 0 aliphatic rings. The average molecular weight is 328 g/mol. The van der Waals surface area contributed by atoms with E-state index in [1.54, 1.807) is 17.9 Å². The largest absolute Gasteiger partial charge is 0.511 e. The molecule has 1 atom stereocenters. The fraction of sp³-hybridized carbons (Fsp3) is 0.556. The second kappa shape index (κ2) is 7.49. The highest BCUT2D eigenvalue weighted by Gasteiger charge is 2.15. The fourth-order valence-corrected chi connectivity index (χ4v) is 0.854. The summed E-state index contributed by atoms with van der Waals surface area (Å²) in [7, 11) is 0. The SMILES string of the molecule is CCOC(=O)OC(C)OC(=O)C(C)=CI. The summed E-state index contributed by atoms with van der Waals surface area (Å²) < 4.78 is 15.5. The van der Waals surface area contributed by atoms with Crippen LogP contribution in [0.1, 0.15) is 20.8 Å². The molecule has 0 heterocycles. The molecule has 1 unspecified atom stereocenters. The first-order chi connectivity index (χ1) is 7.01. The van der Waals surface area contributed by atoms with E-state index in [2.05, 4.69) is 9.47 Å². The second-order valence-corrected chi connectivity index (χ2v) is 3.19. The number of halogens is 1. The Morgan fingerprint density at radius 3 is 2.47 bits per heavy atom. The van der Waals surface area contributed by atoms with Gasteiger partial charge in [-0.15, -0.1) is 0 Å². The van der Waals surface area contributed by atoms with Gasteiger partial charge in [-0.3, -0.25) is 0 Å². The van der Waals surface area contributed by atoms with Crippen LogP contribution in [0.3, 0.4) is 0 Å². The van der Waals surface area contributed by atoms with Crippen LogP contribution in [-0.2, 0) is 19.0 Å². The summed E-state index contributed by atoms with van der Waals surface area (Å²) in [6.07, 6.45) is -1.81. The van der Waals surface area contributed by atoms with E-state index in [0.717, 1.165) is 0 Å². The monoisotopic (exact) mass is 328 g/mol. The Labute approximate surface area is 102 Å². The van der Waals surface area contributed by atoms with Crippen LogP contribution in [0.4, 0.5) is 4.79 Å². The topological polar surface area (TPSA) is 61.8 Å². The van der Waals surface area contributed by atoms with Gasteiger partial charge in [0, 0.05) is 12.5 Å². The van der Waals surface area contributed by atoms with Crippen LogP contribution < -0.4 is 0 Å². The van der Waals surface area contributed by atoms with Gasteiger partial charge < -0.3 is 14.2 Å². The van der Waals surface area contributed by atoms with E-state index in [4.69, 9.17) is 4.74 Å². The molecule has 86 valence electrons. The number of hydrogen-bond donors (Lipinski definition) is 0. The molecule has 0 saturated heterocycles. The molecule has 0 aromatic carbocycles. The van der Waals surface area contributed by atoms with Crippen molar-refractivity contribution in [1.29, 1.82) is 0 Å². The number of hydrogen-bond acceptors (Lipinski definition) is 5. The lowest BCUT2D eigenvalue weighted by molar-refractivity contribution is -0.163. The summed E-state index contributed by atoms with van der Waals surface area (Å²) in [5.41, 5.74) is 0.440. The average Bonchev–Trinajstić information content (AvgIpc) is 2.16. The Morgan fingerprint density at radius 2 is 2.00 bits per heavy atom. The number of carbonyl (C=O) groups excluding carboxylic acids is 2. The zero-order valence-corrected chi connectivity index (χ0v) is 10.9. The summed E-state index contributed by atoms with van der Waals surface area (Å²) in [6, 6.07) is 0. The molecule has 0 fully saturated rings. The van der Waals surface area contributed by atoms with E-state index >= 15 is 0 Å². The third kappa shape index (κ3) is 6.32. The molecule has 5 nitrogen and oxygen atoms in total. The summed E-state index contributed by atoms with van der Waals surface area (Å²) in [5, 5.41) is 0. The van der Waals surface area contributed by atoms with E-state index in [1.807, 2.05) is 22.6 Å². The van der Waals surface area contributed by atoms with Gasteiger partial charge in [0.05, 0.1) is 6.61 Å². The van der Waals surface area contributed by atoms with E-state index in [9.17, 15) is 9.59 Å². The van der Waals surface area contributed by atoms with Crippen LogP contribution in [0.25, 0.3) is 0 Å². The smallest absolute Gasteiger partial charge is 0.435 e. The molecule has 0 saturated carbocycles. The highest BCUT2D eigenvalue weighted by molar-refractivity contribution is 14.1. The minimum absolute atomic E-state index is 0.214. The van der Waals surface area contributed by atoms with Crippen molar-refractivity contribution in [3.63, 3.8) is 0 Å². The van der Waals surface area contributed by atoms with Crippen LogP contribution in [0.2, 0.25) is 0 Å². The predicted molar refractivity (Wildman–Crippen MR) is 61.4 cm³/mol. The summed E-state index contributed by atoms with van der Waals surface area (Å²) in [5.74, 6) is -0.527. The van der Waals surface area contributed by atoms with Crippen LogP contribution >= 0.6 is 22.6 Å². The maximum atomic E-state index is 11.2. The third-order valence-electron chi connectivity index (χ3n) is 1.28. The van der Waals surface area contributed by atoms with Gasteiger partial charge in [-0.1, -0.05) is 22.6 Å². The van der Waals surface area contributed by atoms with E-state index in [-0.39, 0.29) is 6.61 Å². The molecule has 0 aliphatic carbocycles. The van der Waals surface area contributed by atoms with Crippen molar-refractivity contribution in [3.05, 3.63) is 9.66 Å². The van der Waals surface area contributed by atoms with Crippen molar-refractivity contribution in [2.75, 3.05) is 6.61 Å². The van der Waals surface area contributed by atoms with Crippen molar-refractivity contribution in [1.82, 2.24) is 0 Å². The first-order valence-electron chi connectivity index (χ1n) is 4.32. The van der Waals surface area contributed by atoms with E-state index in [0.29, 0.717) is 5.57 Å². The van der Waals surface area contributed by atoms with Gasteiger partial charge in [0.15, 0.2) is 0 Å². The van der Waals surface area contributed by atoms with Gasteiger partial charge >= 0.3 is 12.1 Å². The van der Waals surface area contributed by atoms with E-state index < -0.39 is 18.4 Å². The second-order valence-electron chi connectivity index (χ2n) is 2.57. The molecule has 0 aliphatic heterocycles. The maximum absolute atomic E-state index is 11.2. The van der Waals surface area contributed by atoms with E-state index in [1.165, 1.54) is 6.92 Å². The first kappa shape index (κ1) is 14.2. The number of esters is 1. The minimum Gasteiger partial charge on any atom is -0.435 e. The van der Waals surface area contributed by atoms with Crippen molar-refractivity contribution < 1.29 is 23.8 Å². The lowest BCUT2D eigenvalue weighted by Gasteiger charge is -2.13. The Bertz CT molecular complexity index is 261. The zero-order valence-electron chi connectivity index (χ0n) is 8.78.